The third kappa shape index (κ3) is 1.97. The second kappa shape index (κ2) is 5.77. The molecule has 0 nitrogen and oxygen atoms in total. The summed E-state index contributed by atoms with van der Waals surface area (Å²) in [4.78, 5) is 1.49. The molecule has 0 radical (unpaired) electrons. The SMILES string of the molecule is c1ccc([Si]2(c3ccccc3)c3ccccc3-c3sc4ccsc4c32)cc1. The lowest BCUT2D eigenvalue weighted by Crippen LogP contribution is -2.72. The van der Waals surface area contributed by atoms with Crippen molar-refractivity contribution in [2.75, 3.05) is 0 Å². The fraction of sp³-hybridized carbons (Fsp3) is 0. The maximum absolute atomic E-state index is 2.38. The number of benzene rings is 3. The molecule has 0 N–H and O–H groups in total. The van der Waals surface area contributed by atoms with E-state index in [9.17, 15) is 0 Å². The van der Waals surface area contributed by atoms with Gasteiger partial charge in [0.25, 0.3) is 0 Å². The molecule has 0 fully saturated rings. The lowest BCUT2D eigenvalue weighted by molar-refractivity contribution is 1.70. The summed E-state index contributed by atoms with van der Waals surface area (Å²) in [5.74, 6) is 0. The number of hydrogen-bond donors (Lipinski definition) is 0. The van der Waals surface area contributed by atoms with Crippen LogP contribution in [0, 0.1) is 0 Å². The second-order valence-corrected chi connectivity index (χ2v) is 12.6. The van der Waals surface area contributed by atoms with Gasteiger partial charge in [-0.1, -0.05) is 84.9 Å². The number of hydrogen-bond acceptors (Lipinski definition) is 2. The first-order valence-electron chi connectivity index (χ1n) is 9.12. The van der Waals surface area contributed by atoms with Gasteiger partial charge in [-0.15, -0.1) is 22.7 Å². The van der Waals surface area contributed by atoms with Crippen molar-refractivity contribution in [1.29, 1.82) is 0 Å². The van der Waals surface area contributed by atoms with Gasteiger partial charge in [-0.25, -0.2) is 0 Å². The third-order valence-corrected chi connectivity index (χ3v) is 13.2. The third-order valence-electron chi connectivity index (χ3n) is 5.66. The second-order valence-electron chi connectivity index (χ2n) is 6.95. The van der Waals surface area contributed by atoms with E-state index in [0.29, 0.717) is 0 Å². The molecule has 2 aromatic heterocycles. The van der Waals surface area contributed by atoms with Crippen LogP contribution >= 0.6 is 22.7 Å². The standard InChI is InChI=1S/C24H16S2Si/c1-3-9-17(10-4-1)27(18-11-5-2-6-12-18)21-14-8-7-13-19(21)22-24(27)23-20(26-22)15-16-25-23/h1-16H. The fourth-order valence-electron chi connectivity index (χ4n) is 4.64. The van der Waals surface area contributed by atoms with E-state index in [-0.39, 0.29) is 0 Å². The lowest BCUT2D eigenvalue weighted by atomic mass is 10.2. The van der Waals surface area contributed by atoms with Crippen LogP contribution in [0.4, 0.5) is 0 Å². The molecule has 0 amide bonds. The summed E-state index contributed by atoms with van der Waals surface area (Å²) in [6.45, 7) is 0. The van der Waals surface area contributed by atoms with Gasteiger partial charge in [0.2, 0.25) is 0 Å². The van der Waals surface area contributed by atoms with E-state index in [1.54, 1.807) is 10.4 Å². The van der Waals surface area contributed by atoms with E-state index < -0.39 is 8.07 Å². The van der Waals surface area contributed by atoms with Gasteiger partial charge < -0.3 is 0 Å². The molecule has 0 unspecified atom stereocenters. The highest BCUT2D eigenvalue weighted by molar-refractivity contribution is 7.37. The van der Waals surface area contributed by atoms with E-state index >= 15 is 0 Å². The molecule has 0 saturated carbocycles. The highest BCUT2D eigenvalue weighted by atomic mass is 32.1. The molecule has 0 aliphatic carbocycles. The molecular formula is C24H16S2Si. The van der Waals surface area contributed by atoms with Crippen molar-refractivity contribution in [1.82, 2.24) is 0 Å². The molecule has 27 heavy (non-hydrogen) atoms. The summed E-state index contributed by atoms with van der Waals surface area (Å²) >= 11 is 3.88. The largest absolute Gasteiger partial charge is 0.183 e. The summed E-state index contributed by atoms with van der Waals surface area (Å²) in [7, 11) is -2.28. The smallest absolute Gasteiger partial charge is 0.143 e. The summed E-state index contributed by atoms with van der Waals surface area (Å²) in [5.41, 5.74) is 1.44. The van der Waals surface area contributed by atoms with Crippen LogP contribution in [-0.4, -0.2) is 8.07 Å². The zero-order valence-corrected chi connectivity index (χ0v) is 17.2. The van der Waals surface area contributed by atoms with Crippen LogP contribution in [0.1, 0.15) is 0 Å². The van der Waals surface area contributed by atoms with E-state index in [1.165, 1.54) is 30.2 Å². The molecule has 1 aliphatic heterocycles. The van der Waals surface area contributed by atoms with Gasteiger partial charge in [-0.05, 0) is 37.8 Å². The molecule has 3 heterocycles. The molecule has 0 spiro atoms. The molecule has 3 aromatic carbocycles. The van der Waals surface area contributed by atoms with Gasteiger partial charge in [0.15, 0.2) is 8.07 Å². The first kappa shape index (κ1) is 15.6. The average molecular weight is 397 g/mol. The normalized spacial score (nSPS) is 14.2. The van der Waals surface area contributed by atoms with Crippen LogP contribution in [0.5, 0.6) is 0 Å². The summed E-state index contributed by atoms with van der Waals surface area (Å²) < 4.78 is 2.92. The van der Waals surface area contributed by atoms with Crippen molar-refractivity contribution in [3.63, 3.8) is 0 Å². The van der Waals surface area contributed by atoms with Crippen molar-refractivity contribution >= 4 is 60.9 Å². The first-order valence-corrected chi connectivity index (χ1v) is 12.8. The van der Waals surface area contributed by atoms with Gasteiger partial charge in [-0.2, -0.15) is 0 Å². The lowest BCUT2D eigenvalue weighted by Gasteiger charge is -2.30. The van der Waals surface area contributed by atoms with Gasteiger partial charge >= 0.3 is 0 Å². The minimum absolute atomic E-state index is 1.43. The van der Waals surface area contributed by atoms with Crippen LogP contribution in [-0.2, 0) is 0 Å². The zero-order chi connectivity index (χ0) is 17.8. The summed E-state index contributed by atoms with van der Waals surface area (Å²) in [6.07, 6.45) is 0. The van der Waals surface area contributed by atoms with Gasteiger partial charge in [0.05, 0.1) is 0 Å². The van der Waals surface area contributed by atoms with Crippen molar-refractivity contribution < 1.29 is 0 Å². The highest BCUT2D eigenvalue weighted by Crippen LogP contribution is 2.40. The molecule has 6 rings (SSSR count). The van der Waals surface area contributed by atoms with Crippen LogP contribution in [0.2, 0.25) is 0 Å². The molecule has 1 aliphatic rings. The van der Waals surface area contributed by atoms with Crippen LogP contribution in [0.15, 0.2) is 96.4 Å². The van der Waals surface area contributed by atoms with Gasteiger partial charge in [-0.3, -0.25) is 0 Å². The molecular weight excluding hydrogens is 380 g/mol. The van der Waals surface area contributed by atoms with Crippen LogP contribution in [0.3, 0.4) is 0 Å². The summed E-state index contributed by atoms with van der Waals surface area (Å²) in [5, 5.41) is 8.36. The Morgan fingerprint density at radius 1 is 0.630 bits per heavy atom. The summed E-state index contributed by atoms with van der Waals surface area (Å²) in [6, 6.07) is 33.9. The Kier molecular flexibility index (Phi) is 3.33. The van der Waals surface area contributed by atoms with Gasteiger partial charge in [0.1, 0.15) is 0 Å². The maximum atomic E-state index is 2.38. The minimum Gasteiger partial charge on any atom is -0.143 e. The Morgan fingerprint density at radius 2 is 1.26 bits per heavy atom. The van der Waals surface area contributed by atoms with Gasteiger partial charge in [0, 0.05) is 14.3 Å². The van der Waals surface area contributed by atoms with Crippen molar-refractivity contribution in [2.24, 2.45) is 0 Å². The zero-order valence-electron chi connectivity index (χ0n) is 14.6. The topological polar surface area (TPSA) is 0 Å². The molecule has 128 valence electrons. The molecule has 0 atom stereocenters. The predicted octanol–water partition coefficient (Wildman–Crippen LogP) is 4.32. The molecule has 3 heteroatoms. The van der Waals surface area contributed by atoms with Crippen molar-refractivity contribution in [3.8, 4) is 10.4 Å². The van der Waals surface area contributed by atoms with E-state index in [4.69, 9.17) is 0 Å². The molecule has 0 bridgehead atoms. The van der Waals surface area contributed by atoms with E-state index in [2.05, 4.69) is 96.4 Å². The first-order chi connectivity index (χ1) is 13.4. The predicted molar refractivity (Wildman–Crippen MR) is 122 cm³/mol. The van der Waals surface area contributed by atoms with E-state index in [1.807, 2.05) is 22.7 Å². The average Bonchev–Trinajstić information content (AvgIpc) is 3.39. The van der Waals surface area contributed by atoms with Crippen molar-refractivity contribution in [2.45, 2.75) is 0 Å². The highest BCUT2D eigenvalue weighted by Gasteiger charge is 2.50. The fourth-order valence-corrected chi connectivity index (χ4v) is 13.4. The van der Waals surface area contributed by atoms with Crippen LogP contribution < -0.4 is 20.7 Å². The Morgan fingerprint density at radius 3 is 1.96 bits per heavy atom. The van der Waals surface area contributed by atoms with E-state index in [0.717, 1.165) is 0 Å². The molecule has 0 saturated heterocycles. The Hall–Kier alpha value is -2.46. The Bertz CT molecular complexity index is 1230. The Balaban J connectivity index is 1.86. The molecule has 5 aromatic rings. The minimum atomic E-state index is -2.28. The monoisotopic (exact) mass is 396 g/mol. The van der Waals surface area contributed by atoms with Crippen molar-refractivity contribution in [3.05, 3.63) is 96.4 Å². The number of fused-ring (bicyclic) bond motifs is 5. The number of rotatable bonds is 2. The quantitative estimate of drug-likeness (QED) is 0.382. The Labute approximate surface area is 167 Å². The maximum Gasteiger partial charge on any atom is 0.183 e. The number of thiophene rings is 2. The van der Waals surface area contributed by atoms with Crippen LogP contribution in [0.25, 0.3) is 19.8 Å².